The van der Waals surface area contributed by atoms with Crippen molar-refractivity contribution < 1.29 is 19.1 Å². The number of ether oxygens (including phenoxy) is 1. The number of benzene rings is 1. The van der Waals surface area contributed by atoms with Gasteiger partial charge in [-0.15, -0.1) is 0 Å². The molecule has 1 atom stereocenters. The third-order valence-electron chi connectivity index (χ3n) is 5.04. The van der Waals surface area contributed by atoms with Gasteiger partial charge in [0.1, 0.15) is 5.25 Å². The molecule has 30 heavy (non-hydrogen) atoms. The summed E-state index contributed by atoms with van der Waals surface area (Å²) >= 11 is 1.37. The second-order valence-corrected chi connectivity index (χ2v) is 9.21. The molecule has 0 saturated carbocycles. The zero-order valence-corrected chi connectivity index (χ0v) is 18.4. The van der Waals surface area contributed by atoms with Crippen LogP contribution in [0.3, 0.4) is 0 Å². The second-order valence-electron chi connectivity index (χ2n) is 8.04. The fourth-order valence-corrected chi connectivity index (χ4v) is 4.42. The first kappa shape index (κ1) is 22.3. The monoisotopic (exact) mass is 431 g/mol. The number of carbonyl (C=O) groups excluding carboxylic acids is 3. The lowest BCUT2D eigenvalue weighted by atomic mass is 10.1. The molecule has 3 rings (SSSR count). The number of thioether (sulfide) groups is 1. The van der Waals surface area contributed by atoms with Crippen LogP contribution in [0.25, 0.3) is 0 Å². The molecule has 0 spiro atoms. The van der Waals surface area contributed by atoms with E-state index in [1.54, 1.807) is 24.3 Å². The van der Waals surface area contributed by atoms with Gasteiger partial charge in [0.05, 0.1) is 12.2 Å². The number of aliphatic imine (C=N–C) groups is 1. The highest BCUT2D eigenvalue weighted by Crippen LogP contribution is 2.29. The van der Waals surface area contributed by atoms with Gasteiger partial charge in [-0.05, 0) is 49.8 Å². The van der Waals surface area contributed by atoms with Crippen molar-refractivity contribution in [1.29, 1.82) is 0 Å². The van der Waals surface area contributed by atoms with E-state index in [4.69, 9.17) is 4.74 Å². The predicted octanol–water partition coefficient (Wildman–Crippen LogP) is 3.70. The van der Waals surface area contributed by atoms with Gasteiger partial charge in [-0.1, -0.05) is 31.7 Å². The Balaban J connectivity index is 1.50. The van der Waals surface area contributed by atoms with Gasteiger partial charge >= 0.3 is 5.97 Å². The molecule has 2 heterocycles. The Kier molecular flexibility index (Phi) is 7.90. The maximum Gasteiger partial charge on any atom is 0.338 e. The molecule has 0 aliphatic carbocycles. The van der Waals surface area contributed by atoms with E-state index in [9.17, 15) is 14.4 Å². The first-order chi connectivity index (χ1) is 14.4. The Labute approximate surface area is 181 Å². The number of hydrogen-bond donors (Lipinski definition) is 1. The van der Waals surface area contributed by atoms with Crippen molar-refractivity contribution in [3.8, 4) is 0 Å². The molecule has 1 saturated heterocycles. The van der Waals surface area contributed by atoms with Crippen LogP contribution in [0.4, 0.5) is 5.69 Å². The number of nitrogens with zero attached hydrogens (tertiary/aromatic N) is 2. The molecule has 2 aliphatic rings. The van der Waals surface area contributed by atoms with Crippen molar-refractivity contribution in [2.75, 3.05) is 25.0 Å². The summed E-state index contributed by atoms with van der Waals surface area (Å²) in [5.41, 5.74) is 0.893. The van der Waals surface area contributed by atoms with Crippen molar-refractivity contribution >= 4 is 40.4 Å². The lowest BCUT2D eigenvalue weighted by Gasteiger charge is -2.27. The molecule has 2 amide bonds. The standard InChI is InChI=1S/C22H29N3O4S/c1-15(2)9-12-29-21(28)16-7-6-8-17(13-16)23-19(26)14-18-20(27)24-22(30-18)25-10-4-3-5-11-25/h6-8,13,15,18H,3-5,9-12,14H2,1-2H3,(H,23,26). The Morgan fingerprint density at radius 2 is 2.03 bits per heavy atom. The number of anilines is 1. The van der Waals surface area contributed by atoms with Crippen LogP contribution in [-0.2, 0) is 14.3 Å². The lowest BCUT2D eigenvalue weighted by molar-refractivity contribution is -0.121. The number of carbonyl (C=O) groups is 3. The molecule has 1 aromatic rings. The average Bonchev–Trinajstić information content (AvgIpc) is 3.08. The van der Waals surface area contributed by atoms with E-state index in [0.29, 0.717) is 23.8 Å². The van der Waals surface area contributed by atoms with E-state index in [1.165, 1.54) is 18.2 Å². The van der Waals surface area contributed by atoms with Crippen LogP contribution in [0.1, 0.15) is 56.3 Å². The number of likely N-dealkylation sites (tertiary alicyclic amines) is 1. The van der Waals surface area contributed by atoms with Gasteiger partial charge < -0.3 is 15.0 Å². The Morgan fingerprint density at radius 1 is 1.27 bits per heavy atom. The number of hydrogen-bond acceptors (Lipinski definition) is 6. The summed E-state index contributed by atoms with van der Waals surface area (Å²) in [6.45, 7) is 6.33. The Hall–Kier alpha value is -2.35. The van der Waals surface area contributed by atoms with Gasteiger partial charge in [0.15, 0.2) is 5.17 Å². The molecule has 1 fully saturated rings. The largest absolute Gasteiger partial charge is 0.462 e. The molecule has 8 heteroatoms. The van der Waals surface area contributed by atoms with Gasteiger partial charge in [-0.2, -0.15) is 4.99 Å². The number of piperidine rings is 1. The van der Waals surface area contributed by atoms with E-state index in [1.807, 2.05) is 0 Å². The second kappa shape index (κ2) is 10.6. The first-order valence-corrected chi connectivity index (χ1v) is 11.4. The van der Waals surface area contributed by atoms with Crippen LogP contribution in [0, 0.1) is 5.92 Å². The van der Waals surface area contributed by atoms with Gasteiger partial charge in [0.25, 0.3) is 5.91 Å². The van der Waals surface area contributed by atoms with Crippen LogP contribution in [0.15, 0.2) is 29.3 Å². The van der Waals surface area contributed by atoms with Gasteiger partial charge in [0.2, 0.25) is 5.91 Å². The number of nitrogens with one attached hydrogen (secondary N) is 1. The minimum Gasteiger partial charge on any atom is -0.462 e. The minimum absolute atomic E-state index is 0.0490. The smallest absolute Gasteiger partial charge is 0.338 e. The number of rotatable bonds is 7. The summed E-state index contributed by atoms with van der Waals surface area (Å²) in [7, 11) is 0. The van der Waals surface area contributed by atoms with Crippen molar-refractivity contribution in [2.45, 2.75) is 51.2 Å². The van der Waals surface area contributed by atoms with Crippen LogP contribution in [0.5, 0.6) is 0 Å². The number of amides is 2. The van der Waals surface area contributed by atoms with Crippen molar-refractivity contribution in [3.05, 3.63) is 29.8 Å². The molecule has 0 bridgehead atoms. The molecule has 1 N–H and O–H groups in total. The first-order valence-electron chi connectivity index (χ1n) is 10.5. The van der Waals surface area contributed by atoms with Crippen LogP contribution in [-0.4, -0.2) is 52.8 Å². The fourth-order valence-electron chi connectivity index (χ4n) is 3.30. The zero-order chi connectivity index (χ0) is 21.5. The molecule has 0 radical (unpaired) electrons. The molecule has 1 unspecified atom stereocenters. The normalized spacial score (nSPS) is 19.0. The zero-order valence-electron chi connectivity index (χ0n) is 17.6. The van der Waals surface area contributed by atoms with E-state index < -0.39 is 11.2 Å². The molecular weight excluding hydrogens is 402 g/mol. The number of amidine groups is 1. The highest BCUT2D eigenvalue weighted by Gasteiger charge is 2.33. The van der Waals surface area contributed by atoms with Crippen LogP contribution in [0.2, 0.25) is 0 Å². The van der Waals surface area contributed by atoms with E-state index >= 15 is 0 Å². The van der Waals surface area contributed by atoms with Crippen LogP contribution >= 0.6 is 11.8 Å². The Morgan fingerprint density at radius 3 is 2.77 bits per heavy atom. The fraction of sp³-hybridized carbons (Fsp3) is 0.545. The summed E-state index contributed by atoms with van der Waals surface area (Å²) in [6.07, 6.45) is 4.27. The third kappa shape index (κ3) is 6.32. The summed E-state index contributed by atoms with van der Waals surface area (Å²) in [5, 5.41) is 3.02. The summed E-state index contributed by atoms with van der Waals surface area (Å²) in [5.74, 6) is -0.480. The maximum absolute atomic E-state index is 12.5. The maximum atomic E-state index is 12.5. The third-order valence-corrected chi connectivity index (χ3v) is 6.25. The summed E-state index contributed by atoms with van der Waals surface area (Å²) < 4.78 is 5.27. The highest BCUT2D eigenvalue weighted by molar-refractivity contribution is 8.15. The molecule has 1 aromatic carbocycles. The van der Waals surface area contributed by atoms with Crippen molar-refractivity contribution in [2.24, 2.45) is 10.9 Å². The summed E-state index contributed by atoms with van der Waals surface area (Å²) in [6, 6.07) is 6.65. The quantitative estimate of drug-likeness (QED) is 0.662. The molecule has 0 aromatic heterocycles. The van der Waals surface area contributed by atoms with E-state index in [-0.39, 0.29) is 18.2 Å². The number of esters is 1. The van der Waals surface area contributed by atoms with Gasteiger partial charge in [-0.3, -0.25) is 9.59 Å². The highest BCUT2D eigenvalue weighted by atomic mass is 32.2. The lowest BCUT2D eigenvalue weighted by Crippen LogP contribution is -2.33. The van der Waals surface area contributed by atoms with E-state index in [2.05, 4.69) is 29.1 Å². The molecule has 162 valence electrons. The Bertz CT molecular complexity index is 818. The predicted molar refractivity (Wildman–Crippen MR) is 119 cm³/mol. The molecule has 7 nitrogen and oxygen atoms in total. The average molecular weight is 432 g/mol. The van der Waals surface area contributed by atoms with Gasteiger partial charge in [-0.25, -0.2) is 4.79 Å². The summed E-state index contributed by atoms with van der Waals surface area (Å²) in [4.78, 5) is 43.2. The molecular formula is C22H29N3O4S. The van der Waals surface area contributed by atoms with Crippen molar-refractivity contribution in [3.63, 3.8) is 0 Å². The van der Waals surface area contributed by atoms with Gasteiger partial charge in [0, 0.05) is 25.2 Å². The topological polar surface area (TPSA) is 88.1 Å². The van der Waals surface area contributed by atoms with Crippen molar-refractivity contribution in [1.82, 2.24) is 4.90 Å². The molecule has 2 aliphatic heterocycles. The SMILES string of the molecule is CC(C)CCOC(=O)c1cccc(NC(=O)CC2SC(N3CCCCC3)=NC2=O)c1. The van der Waals surface area contributed by atoms with Crippen LogP contribution < -0.4 is 5.32 Å². The minimum atomic E-state index is -0.494. The van der Waals surface area contributed by atoms with E-state index in [0.717, 1.165) is 37.5 Å².